The van der Waals surface area contributed by atoms with Gasteiger partial charge in [-0.2, -0.15) is 0 Å². The van der Waals surface area contributed by atoms with Crippen molar-refractivity contribution in [3.63, 3.8) is 0 Å². The minimum Gasteiger partial charge on any atom is -0.352 e. The van der Waals surface area contributed by atoms with E-state index in [1.807, 2.05) is 54.6 Å². The number of nitrogens with zero attached hydrogens (tertiary/aromatic N) is 1. The molecule has 0 spiro atoms. The Kier molecular flexibility index (Phi) is 5.41. The molecule has 0 aliphatic carbocycles. The fourth-order valence-corrected chi connectivity index (χ4v) is 2.75. The fraction of sp³-hybridized carbons (Fsp3) is 0.0526. The Balaban J connectivity index is 1.79. The predicted octanol–water partition coefficient (Wildman–Crippen LogP) is 4.81. The summed E-state index contributed by atoms with van der Waals surface area (Å²) in [5.41, 5.74) is 3.11. The summed E-state index contributed by atoms with van der Waals surface area (Å²) in [5, 5.41) is 7.79. The number of benzene rings is 2. The van der Waals surface area contributed by atoms with E-state index in [4.69, 9.17) is 23.8 Å². The molecule has 5 heteroatoms. The SMILES string of the molecule is S=C(Nc1ccc(Cl)cc1)N[C@@H](c1ccccc1)c1ccncc1. The average Bonchev–Trinajstić information content (AvgIpc) is 2.63. The van der Waals surface area contributed by atoms with Crippen LogP contribution in [0.15, 0.2) is 79.1 Å². The molecule has 3 nitrogen and oxygen atoms in total. The smallest absolute Gasteiger partial charge is 0.171 e. The third kappa shape index (κ3) is 4.31. The molecule has 3 aromatic rings. The van der Waals surface area contributed by atoms with Crippen molar-refractivity contribution in [3.8, 4) is 0 Å². The Labute approximate surface area is 151 Å². The second-order valence-corrected chi connectivity index (χ2v) is 6.07. The lowest BCUT2D eigenvalue weighted by Gasteiger charge is -2.22. The summed E-state index contributed by atoms with van der Waals surface area (Å²) >= 11 is 11.4. The van der Waals surface area contributed by atoms with Gasteiger partial charge in [0.1, 0.15) is 0 Å². The van der Waals surface area contributed by atoms with E-state index < -0.39 is 0 Å². The van der Waals surface area contributed by atoms with Gasteiger partial charge in [0.2, 0.25) is 0 Å². The van der Waals surface area contributed by atoms with Crippen LogP contribution in [-0.2, 0) is 0 Å². The van der Waals surface area contributed by atoms with E-state index >= 15 is 0 Å². The van der Waals surface area contributed by atoms with Crippen molar-refractivity contribution in [2.24, 2.45) is 0 Å². The molecular weight excluding hydrogens is 338 g/mol. The van der Waals surface area contributed by atoms with Gasteiger partial charge < -0.3 is 10.6 Å². The van der Waals surface area contributed by atoms with Gasteiger partial charge in [-0.15, -0.1) is 0 Å². The second kappa shape index (κ2) is 7.90. The van der Waals surface area contributed by atoms with Crippen LogP contribution in [0.3, 0.4) is 0 Å². The maximum atomic E-state index is 5.91. The minimum absolute atomic E-state index is 0.0542. The van der Waals surface area contributed by atoms with E-state index in [1.54, 1.807) is 12.4 Å². The Hall–Kier alpha value is -2.43. The molecule has 2 aromatic carbocycles. The number of halogens is 1. The summed E-state index contributed by atoms with van der Waals surface area (Å²) in [6.45, 7) is 0. The van der Waals surface area contributed by atoms with Crippen molar-refractivity contribution in [3.05, 3.63) is 95.3 Å². The molecule has 0 bridgehead atoms. The lowest BCUT2D eigenvalue weighted by atomic mass is 10.00. The number of anilines is 1. The number of aromatic nitrogens is 1. The van der Waals surface area contributed by atoms with Crippen LogP contribution in [0.5, 0.6) is 0 Å². The van der Waals surface area contributed by atoms with Crippen LogP contribution in [0.1, 0.15) is 17.2 Å². The maximum Gasteiger partial charge on any atom is 0.171 e. The molecule has 1 heterocycles. The van der Waals surface area contributed by atoms with E-state index in [9.17, 15) is 0 Å². The summed E-state index contributed by atoms with van der Waals surface area (Å²) in [6, 6.07) is 21.5. The van der Waals surface area contributed by atoms with Crippen LogP contribution in [0, 0.1) is 0 Å². The van der Waals surface area contributed by atoms with Gasteiger partial charge in [-0.3, -0.25) is 4.98 Å². The molecule has 0 aliphatic heterocycles. The summed E-state index contributed by atoms with van der Waals surface area (Å²) in [4.78, 5) is 4.09. The third-order valence-electron chi connectivity index (χ3n) is 3.55. The van der Waals surface area contributed by atoms with Crippen molar-refractivity contribution in [2.45, 2.75) is 6.04 Å². The molecule has 0 unspecified atom stereocenters. The highest BCUT2D eigenvalue weighted by Crippen LogP contribution is 2.22. The lowest BCUT2D eigenvalue weighted by molar-refractivity contribution is 0.767. The summed E-state index contributed by atoms with van der Waals surface area (Å²) in [5.74, 6) is 0. The van der Waals surface area contributed by atoms with Crippen LogP contribution >= 0.6 is 23.8 Å². The van der Waals surface area contributed by atoms with E-state index in [2.05, 4.69) is 27.8 Å². The summed E-state index contributed by atoms with van der Waals surface area (Å²) in [7, 11) is 0. The quantitative estimate of drug-likeness (QED) is 0.660. The predicted molar refractivity (Wildman–Crippen MR) is 103 cm³/mol. The van der Waals surface area contributed by atoms with Crippen molar-refractivity contribution in [1.82, 2.24) is 10.3 Å². The Bertz CT molecular complexity index is 752. The molecular formula is C19H16ClN3S. The first-order valence-corrected chi connectivity index (χ1v) is 8.29. The normalized spacial score (nSPS) is 11.5. The summed E-state index contributed by atoms with van der Waals surface area (Å²) < 4.78 is 0. The molecule has 120 valence electrons. The Morgan fingerprint density at radius 3 is 2.17 bits per heavy atom. The van der Waals surface area contributed by atoms with Crippen molar-refractivity contribution in [2.75, 3.05) is 5.32 Å². The van der Waals surface area contributed by atoms with Crippen LogP contribution in [0.4, 0.5) is 5.69 Å². The van der Waals surface area contributed by atoms with Crippen LogP contribution in [-0.4, -0.2) is 10.1 Å². The Morgan fingerprint density at radius 2 is 1.50 bits per heavy atom. The molecule has 24 heavy (non-hydrogen) atoms. The number of pyridine rings is 1. The van der Waals surface area contributed by atoms with E-state index in [1.165, 1.54) is 0 Å². The molecule has 0 fully saturated rings. The highest BCUT2D eigenvalue weighted by Gasteiger charge is 2.15. The largest absolute Gasteiger partial charge is 0.352 e. The molecule has 0 saturated heterocycles. The topological polar surface area (TPSA) is 37.0 Å². The molecule has 0 amide bonds. The van der Waals surface area contributed by atoms with Crippen LogP contribution in [0.25, 0.3) is 0 Å². The number of nitrogens with one attached hydrogen (secondary N) is 2. The highest BCUT2D eigenvalue weighted by molar-refractivity contribution is 7.80. The molecule has 2 N–H and O–H groups in total. The highest BCUT2D eigenvalue weighted by atomic mass is 35.5. The number of hydrogen-bond acceptors (Lipinski definition) is 2. The standard InChI is InChI=1S/C19H16ClN3S/c20-16-6-8-17(9-7-16)22-19(24)23-18(14-4-2-1-3-5-14)15-10-12-21-13-11-15/h1-13,18H,(H2,22,23,24)/t18-/m0/s1. The first-order chi connectivity index (χ1) is 11.7. The summed E-state index contributed by atoms with van der Waals surface area (Å²) in [6.07, 6.45) is 3.56. The number of hydrogen-bond donors (Lipinski definition) is 2. The van der Waals surface area contributed by atoms with Gasteiger partial charge in [0, 0.05) is 23.1 Å². The van der Waals surface area contributed by atoms with Crippen molar-refractivity contribution >= 4 is 34.6 Å². The van der Waals surface area contributed by atoms with Gasteiger partial charge in [-0.1, -0.05) is 41.9 Å². The zero-order valence-corrected chi connectivity index (χ0v) is 14.4. The Morgan fingerprint density at radius 1 is 0.875 bits per heavy atom. The monoisotopic (exact) mass is 353 g/mol. The van der Waals surface area contributed by atoms with Crippen LogP contribution in [0.2, 0.25) is 5.02 Å². The number of rotatable bonds is 4. The molecule has 0 aliphatic rings. The van der Waals surface area contributed by atoms with Crippen molar-refractivity contribution in [1.29, 1.82) is 0 Å². The van der Waals surface area contributed by atoms with Gasteiger partial charge in [0.25, 0.3) is 0 Å². The molecule has 0 saturated carbocycles. The van der Waals surface area contributed by atoms with E-state index in [-0.39, 0.29) is 6.04 Å². The van der Waals surface area contributed by atoms with Crippen molar-refractivity contribution < 1.29 is 0 Å². The molecule has 1 aromatic heterocycles. The molecule has 3 rings (SSSR count). The zero-order valence-electron chi connectivity index (χ0n) is 12.8. The molecule has 0 radical (unpaired) electrons. The number of thiocarbonyl (C=S) groups is 1. The third-order valence-corrected chi connectivity index (χ3v) is 4.02. The first-order valence-electron chi connectivity index (χ1n) is 7.50. The molecule has 1 atom stereocenters. The zero-order chi connectivity index (χ0) is 16.8. The van der Waals surface area contributed by atoms with Gasteiger partial charge in [0.15, 0.2) is 5.11 Å². The van der Waals surface area contributed by atoms with Gasteiger partial charge >= 0.3 is 0 Å². The lowest BCUT2D eigenvalue weighted by Crippen LogP contribution is -2.33. The van der Waals surface area contributed by atoms with Gasteiger partial charge in [-0.05, 0) is 59.7 Å². The van der Waals surface area contributed by atoms with E-state index in [0.29, 0.717) is 10.1 Å². The van der Waals surface area contributed by atoms with E-state index in [0.717, 1.165) is 16.8 Å². The first kappa shape index (κ1) is 16.4. The van der Waals surface area contributed by atoms with Gasteiger partial charge in [-0.25, -0.2) is 0 Å². The maximum absolute atomic E-state index is 5.91. The average molecular weight is 354 g/mol. The van der Waals surface area contributed by atoms with Gasteiger partial charge in [0.05, 0.1) is 6.04 Å². The second-order valence-electron chi connectivity index (χ2n) is 5.23. The van der Waals surface area contributed by atoms with Crippen LogP contribution < -0.4 is 10.6 Å². The minimum atomic E-state index is -0.0542. The fourth-order valence-electron chi connectivity index (χ4n) is 2.39.